The van der Waals surface area contributed by atoms with Crippen LogP contribution in [0.25, 0.3) is 11.0 Å². The van der Waals surface area contributed by atoms with Crippen molar-refractivity contribution < 1.29 is 4.42 Å². The SMILES string of the molecule is Cc1cccc(C(N)c2cc3cccc(C)c3o2)c1Br. The summed E-state index contributed by atoms with van der Waals surface area (Å²) >= 11 is 3.61. The maximum atomic E-state index is 6.38. The van der Waals surface area contributed by atoms with Crippen molar-refractivity contribution in [2.45, 2.75) is 19.9 Å². The molecule has 102 valence electrons. The highest BCUT2D eigenvalue weighted by Gasteiger charge is 2.17. The van der Waals surface area contributed by atoms with E-state index in [0.29, 0.717) is 0 Å². The Morgan fingerprint density at radius 3 is 2.50 bits per heavy atom. The lowest BCUT2D eigenvalue weighted by Crippen LogP contribution is -2.11. The average Bonchev–Trinajstić information content (AvgIpc) is 2.87. The van der Waals surface area contributed by atoms with Crippen LogP contribution in [0.2, 0.25) is 0 Å². The molecule has 0 spiro atoms. The number of benzene rings is 2. The second-order valence-corrected chi connectivity index (χ2v) is 5.89. The second-order valence-electron chi connectivity index (χ2n) is 5.10. The fourth-order valence-electron chi connectivity index (χ4n) is 2.45. The van der Waals surface area contributed by atoms with Gasteiger partial charge in [0.25, 0.3) is 0 Å². The lowest BCUT2D eigenvalue weighted by Gasteiger charge is -2.12. The van der Waals surface area contributed by atoms with E-state index in [0.717, 1.165) is 32.3 Å². The van der Waals surface area contributed by atoms with Gasteiger partial charge in [0.1, 0.15) is 11.3 Å². The van der Waals surface area contributed by atoms with E-state index in [2.05, 4.69) is 28.9 Å². The Labute approximate surface area is 126 Å². The van der Waals surface area contributed by atoms with Crippen LogP contribution in [0, 0.1) is 13.8 Å². The molecule has 1 aromatic heterocycles. The largest absolute Gasteiger partial charge is 0.459 e. The Morgan fingerprint density at radius 2 is 1.75 bits per heavy atom. The number of rotatable bonds is 2. The summed E-state index contributed by atoms with van der Waals surface area (Å²) < 4.78 is 7.01. The van der Waals surface area contributed by atoms with Gasteiger partial charge in [-0.1, -0.05) is 52.3 Å². The predicted octanol–water partition coefficient (Wildman–Crippen LogP) is 4.86. The molecule has 20 heavy (non-hydrogen) atoms. The lowest BCUT2D eigenvalue weighted by atomic mass is 10.0. The fraction of sp³-hybridized carbons (Fsp3) is 0.176. The van der Waals surface area contributed by atoms with Crippen LogP contribution in [-0.2, 0) is 0 Å². The minimum atomic E-state index is -0.268. The Kier molecular flexibility index (Phi) is 3.40. The lowest BCUT2D eigenvalue weighted by molar-refractivity contribution is 0.523. The highest BCUT2D eigenvalue weighted by Crippen LogP contribution is 2.32. The molecule has 1 heterocycles. The predicted molar refractivity (Wildman–Crippen MR) is 85.9 cm³/mol. The minimum Gasteiger partial charge on any atom is -0.459 e. The summed E-state index contributed by atoms with van der Waals surface area (Å²) in [7, 11) is 0. The van der Waals surface area contributed by atoms with E-state index in [1.807, 2.05) is 43.3 Å². The van der Waals surface area contributed by atoms with Crippen molar-refractivity contribution in [3.63, 3.8) is 0 Å². The van der Waals surface area contributed by atoms with Gasteiger partial charge in [-0.15, -0.1) is 0 Å². The van der Waals surface area contributed by atoms with Gasteiger partial charge < -0.3 is 10.2 Å². The molecule has 2 N–H and O–H groups in total. The van der Waals surface area contributed by atoms with Crippen LogP contribution in [0.1, 0.15) is 28.5 Å². The molecule has 1 unspecified atom stereocenters. The van der Waals surface area contributed by atoms with E-state index in [1.165, 1.54) is 5.56 Å². The van der Waals surface area contributed by atoms with Gasteiger partial charge in [0.05, 0.1) is 6.04 Å². The number of hydrogen-bond donors (Lipinski definition) is 1. The van der Waals surface area contributed by atoms with E-state index >= 15 is 0 Å². The Hall–Kier alpha value is -1.58. The molecule has 0 aliphatic carbocycles. The summed E-state index contributed by atoms with van der Waals surface area (Å²) in [5.41, 5.74) is 10.6. The molecule has 2 aromatic carbocycles. The topological polar surface area (TPSA) is 39.2 Å². The first-order valence-corrected chi connectivity index (χ1v) is 7.37. The first-order chi connectivity index (χ1) is 9.58. The van der Waals surface area contributed by atoms with Gasteiger partial charge in [0.2, 0.25) is 0 Å². The zero-order chi connectivity index (χ0) is 14.3. The van der Waals surface area contributed by atoms with Gasteiger partial charge in [0, 0.05) is 9.86 Å². The zero-order valence-electron chi connectivity index (χ0n) is 11.5. The van der Waals surface area contributed by atoms with Crippen LogP contribution in [0.5, 0.6) is 0 Å². The normalized spacial score (nSPS) is 12.8. The monoisotopic (exact) mass is 329 g/mol. The van der Waals surface area contributed by atoms with Gasteiger partial charge in [-0.05, 0) is 36.6 Å². The van der Waals surface area contributed by atoms with Crippen molar-refractivity contribution in [3.05, 3.63) is 69.4 Å². The first kappa shape index (κ1) is 13.4. The average molecular weight is 330 g/mol. The third-order valence-corrected chi connectivity index (χ3v) is 4.71. The van der Waals surface area contributed by atoms with Crippen LogP contribution in [0.3, 0.4) is 0 Å². The standard InChI is InChI=1S/C17H16BrNO/c1-10-5-4-8-13(15(10)18)16(19)14-9-12-7-3-6-11(2)17(12)20-14/h3-9,16H,19H2,1-2H3. The van der Waals surface area contributed by atoms with Crippen LogP contribution in [-0.4, -0.2) is 0 Å². The molecule has 3 heteroatoms. The van der Waals surface area contributed by atoms with E-state index in [4.69, 9.17) is 10.2 Å². The van der Waals surface area contributed by atoms with Crippen LogP contribution >= 0.6 is 15.9 Å². The van der Waals surface area contributed by atoms with E-state index < -0.39 is 0 Å². The Bertz CT molecular complexity index is 776. The highest BCUT2D eigenvalue weighted by atomic mass is 79.9. The zero-order valence-corrected chi connectivity index (χ0v) is 13.1. The molecule has 0 saturated carbocycles. The molecule has 0 radical (unpaired) electrons. The number of fused-ring (bicyclic) bond motifs is 1. The quantitative estimate of drug-likeness (QED) is 0.729. The summed E-state index contributed by atoms with van der Waals surface area (Å²) in [6, 6.07) is 14.0. The number of aryl methyl sites for hydroxylation is 2. The van der Waals surface area contributed by atoms with Gasteiger partial charge in [0.15, 0.2) is 0 Å². The maximum absolute atomic E-state index is 6.38. The molecular formula is C17H16BrNO. The van der Waals surface area contributed by atoms with Gasteiger partial charge in [-0.2, -0.15) is 0 Å². The molecule has 0 fully saturated rings. The van der Waals surface area contributed by atoms with E-state index in [-0.39, 0.29) is 6.04 Å². The van der Waals surface area contributed by atoms with Crippen molar-refractivity contribution >= 4 is 26.9 Å². The van der Waals surface area contributed by atoms with Crippen LogP contribution < -0.4 is 5.73 Å². The number of hydrogen-bond acceptors (Lipinski definition) is 2. The molecule has 0 amide bonds. The molecule has 0 bridgehead atoms. The number of para-hydroxylation sites is 1. The molecule has 1 atom stereocenters. The summed E-state index contributed by atoms with van der Waals surface area (Å²) in [4.78, 5) is 0. The van der Waals surface area contributed by atoms with Gasteiger partial charge in [-0.25, -0.2) is 0 Å². The first-order valence-electron chi connectivity index (χ1n) is 6.57. The van der Waals surface area contributed by atoms with Gasteiger partial charge >= 0.3 is 0 Å². The van der Waals surface area contributed by atoms with Gasteiger partial charge in [-0.3, -0.25) is 0 Å². The van der Waals surface area contributed by atoms with Crippen molar-refractivity contribution in [1.82, 2.24) is 0 Å². The molecule has 0 saturated heterocycles. The number of halogens is 1. The molecule has 0 aliphatic heterocycles. The Morgan fingerprint density at radius 1 is 1.05 bits per heavy atom. The molecule has 3 aromatic rings. The maximum Gasteiger partial charge on any atom is 0.137 e. The summed E-state index contributed by atoms with van der Waals surface area (Å²) in [6.07, 6.45) is 0. The molecular weight excluding hydrogens is 314 g/mol. The van der Waals surface area contributed by atoms with Crippen LogP contribution in [0.4, 0.5) is 0 Å². The van der Waals surface area contributed by atoms with Crippen molar-refractivity contribution in [2.24, 2.45) is 5.73 Å². The van der Waals surface area contributed by atoms with Crippen molar-refractivity contribution in [3.8, 4) is 0 Å². The molecule has 2 nitrogen and oxygen atoms in total. The molecule has 0 aliphatic rings. The Balaban J connectivity index is 2.10. The second kappa shape index (κ2) is 5.08. The summed E-state index contributed by atoms with van der Waals surface area (Å²) in [5.74, 6) is 0.792. The number of nitrogens with two attached hydrogens (primary N) is 1. The summed E-state index contributed by atoms with van der Waals surface area (Å²) in [5, 5.41) is 1.10. The summed E-state index contributed by atoms with van der Waals surface area (Å²) in [6.45, 7) is 4.10. The van der Waals surface area contributed by atoms with Crippen molar-refractivity contribution in [1.29, 1.82) is 0 Å². The smallest absolute Gasteiger partial charge is 0.137 e. The van der Waals surface area contributed by atoms with E-state index in [9.17, 15) is 0 Å². The third-order valence-electron chi connectivity index (χ3n) is 3.62. The van der Waals surface area contributed by atoms with Crippen LogP contribution in [0.15, 0.2) is 51.4 Å². The molecule has 3 rings (SSSR count). The van der Waals surface area contributed by atoms with Crippen molar-refractivity contribution in [2.75, 3.05) is 0 Å². The minimum absolute atomic E-state index is 0.268. The van der Waals surface area contributed by atoms with E-state index in [1.54, 1.807) is 0 Å². The number of furan rings is 1. The third kappa shape index (κ3) is 2.17. The fourth-order valence-corrected chi connectivity index (χ4v) is 2.96. The highest BCUT2D eigenvalue weighted by molar-refractivity contribution is 9.10.